The number of halogens is 1. The summed E-state index contributed by atoms with van der Waals surface area (Å²) in [6.07, 6.45) is 0.0267. The predicted octanol–water partition coefficient (Wildman–Crippen LogP) is 4.22. The van der Waals surface area contributed by atoms with Crippen LogP contribution in [0.5, 0.6) is 5.75 Å². The molecule has 1 saturated heterocycles. The van der Waals surface area contributed by atoms with E-state index in [0.717, 1.165) is 10.0 Å². The van der Waals surface area contributed by atoms with Crippen molar-refractivity contribution in [2.24, 2.45) is 0 Å². The Balaban J connectivity index is 2.06. The number of likely N-dealkylation sites (tertiary alicyclic amines) is 1. The van der Waals surface area contributed by atoms with Crippen molar-refractivity contribution >= 4 is 33.4 Å². The minimum absolute atomic E-state index is 0.0267. The van der Waals surface area contributed by atoms with E-state index in [9.17, 15) is 14.7 Å². The largest absolute Gasteiger partial charge is 0.507 e. The number of aliphatic hydroxyl groups is 1. The molecule has 7 heteroatoms. The van der Waals surface area contributed by atoms with Gasteiger partial charge in [-0.15, -0.1) is 0 Å². The van der Waals surface area contributed by atoms with E-state index in [1.165, 1.54) is 4.90 Å². The molecule has 1 aliphatic rings. The normalized spacial score (nSPS) is 18.3. The molecule has 1 unspecified atom stereocenters. The van der Waals surface area contributed by atoms with E-state index in [-0.39, 0.29) is 17.4 Å². The number of carbonyl (C=O) groups is 2. The first kappa shape index (κ1) is 23.0. The summed E-state index contributed by atoms with van der Waals surface area (Å²) in [4.78, 5) is 29.3. The zero-order valence-electron chi connectivity index (χ0n) is 18.1. The first-order valence-corrected chi connectivity index (χ1v) is 10.9. The van der Waals surface area contributed by atoms with Gasteiger partial charge in [-0.1, -0.05) is 28.1 Å². The van der Waals surface area contributed by atoms with Gasteiger partial charge in [-0.2, -0.15) is 0 Å². The number of ketones is 1. The quantitative estimate of drug-likeness (QED) is 0.360. The molecule has 0 aromatic heterocycles. The summed E-state index contributed by atoms with van der Waals surface area (Å²) >= 11 is 3.42. The van der Waals surface area contributed by atoms with Crippen molar-refractivity contribution < 1.29 is 19.4 Å². The second-order valence-electron chi connectivity index (χ2n) is 8.04. The Morgan fingerprint density at radius 3 is 2.26 bits per heavy atom. The fourth-order valence-electron chi connectivity index (χ4n) is 3.53. The lowest BCUT2D eigenvalue weighted by Gasteiger charge is -2.26. The van der Waals surface area contributed by atoms with Gasteiger partial charge in [0.25, 0.3) is 11.7 Å². The molecule has 1 N–H and O–H groups in total. The van der Waals surface area contributed by atoms with Crippen LogP contribution in [0.25, 0.3) is 5.76 Å². The highest BCUT2D eigenvalue weighted by molar-refractivity contribution is 9.10. The summed E-state index contributed by atoms with van der Waals surface area (Å²) in [7, 11) is 3.82. The second-order valence-corrected chi connectivity index (χ2v) is 8.95. The summed E-state index contributed by atoms with van der Waals surface area (Å²) in [6, 6.07) is 13.7. The number of Topliss-reactive ketones (excluding diaryl/α,β-unsaturated/α-hetero) is 1. The minimum atomic E-state index is -0.674. The topological polar surface area (TPSA) is 70.1 Å². The number of ether oxygens (including phenoxy) is 1. The maximum atomic E-state index is 13.0. The van der Waals surface area contributed by atoms with Gasteiger partial charge in [0.1, 0.15) is 11.5 Å². The lowest BCUT2D eigenvalue weighted by atomic mass is 9.95. The molecule has 1 fully saturated rings. The van der Waals surface area contributed by atoms with Crippen molar-refractivity contribution in [3.63, 3.8) is 0 Å². The first-order valence-electron chi connectivity index (χ1n) is 10.1. The zero-order valence-corrected chi connectivity index (χ0v) is 19.7. The van der Waals surface area contributed by atoms with Gasteiger partial charge in [0, 0.05) is 23.1 Å². The van der Waals surface area contributed by atoms with E-state index < -0.39 is 17.7 Å². The fourth-order valence-corrected chi connectivity index (χ4v) is 3.79. The number of hydrogen-bond acceptors (Lipinski definition) is 5. The van der Waals surface area contributed by atoms with Crippen molar-refractivity contribution in [2.75, 3.05) is 27.2 Å². The fraction of sp³-hybridized carbons (Fsp3) is 0.333. The number of aliphatic hydroxyl groups excluding tert-OH is 1. The Labute approximate surface area is 191 Å². The van der Waals surface area contributed by atoms with Crippen LogP contribution in [0.1, 0.15) is 31.0 Å². The SMILES string of the molecule is CC(C)Oc1ccc(/C(O)=C2/C(=O)C(=O)N(CCN(C)C)C2c2ccc(Br)cc2)cc1. The van der Waals surface area contributed by atoms with Crippen molar-refractivity contribution in [1.82, 2.24) is 9.80 Å². The van der Waals surface area contributed by atoms with Crippen molar-refractivity contribution in [2.45, 2.75) is 26.0 Å². The van der Waals surface area contributed by atoms with Crippen LogP contribution in [-0.2, 0) is 9.59 Å². The Hall–Kier alpha value is -2.64. The maximum Gasteiger partial charge on any atom is 0.295 e. The van der Waals surface area contributed by atoms with E-state index in [0.29, 0.717) is 24.4 Å². The van der Waals surface area contributed by atoms with Crippen LogP contribution < -0.4 is 4.74 Å². The van der Waals surface area contributed by atoms with Crippen molar-refractivity contribution in [3.8, 4) is 5.75 Å². The molecule has 0 bridgehead atoms. The molecular weight excluding hydrogens is 460 g/mol. The molecule has 1 amide bonds. The third-order valence-electron chi connectivity index (χ3n) is 5.01. The smallest absolute Gasteiger partial charge is 0.295 e. The number of benzene rings is 2. The molecule has 1 atom stereocenters. The van der Waals surface area contributed by atoms with Gasteiger partial charge < -0.3 is 19.6 Å². The van der Waals surface area contributed by atoms with E-state index in [1.54, 1.807) is 24.3 Å². The summed E-state index contributed by atoms with van der Waals surface area (Å²) < 4.78 is 6.54. The third kappa shape index (κ3) is 5.17. The van der Waals surface area contributed by atoms with E-state index in [2.05, 4.69) is 15.9 Å². The lowest BCUT2D eigenvalue weighted by molar-refractivity contribution is -0.140. The summed E-state index contributed by atoms with van der Waals surface area (Å²) in [6.45, 7) is 4.83. The monoisotopic (exact) mass is 486 g/mol. The lowest BCUT2D eigenvalue weighted by Crippen LogP contribution is -2.35. The van der Waals surface area contributed by atoms with Crippen LogP contribution in [0.2, 0.25) is 0 Å². The highest BCUT2D eigenvalue weighted by Gasteiger charge is 2.45. The zero-order chi connectivity index (χ0) is 22.7. The Kier molecular flexibility index (Phi) is 7.18. The molecule has 3 rings (SSSR count). The van der Waals surface area contributed by atoms with Crippen LogP contribution in [0.3, 0.4) is 0 Å². The van der Waals surface area contributed by atoms with Gasteiger partial charge in [0.05, 0.1) is 17.7 Å². The Morgan fingerprint density at radius 1 is 1.10 bits per heavy atom. The number of rotatable bonds is 7. The summed E-state index contributed by atoms with van der Waals surface area (Å²) in [5.41, 5.74) is 1.33. The highest BCUT2D eigenvalue weighted by atomic mass is 79.9. The number of likely N-dealkylation sites (N-methyl/N-ethyl adjacent to an activating group) is 1. The second kappa shape index (κ2) is 9.66. The molecule has 1 heterocycles. The van der Waals surface area contributed by atoms with Crippen LogP contribution >= 0.6 is 15.9 Å². The van der Waals surface area contributed by atoms with Gasteiger partial charge in [-0.05, 0) is 69.9 Å². The summed E-state index contributed by atoms with van der Waals surface area (Å²) in [5, 5.41) is 11.1. The molecular formula is C24H27BrN2O4. The van der Waals surface area contributed by atoms with Crippen LogP contribution in [0.15, 0.2) is 58.6 Å². The number of amides is 1. The maximum absolute atomic E-state index is 13.0. The van der Waals surface area contributed by atoms with Crippen LogP contribution in [-0.4, -0.2) is 59.9 Å². The standard InChI is InChI=1S/C24H27BrN2O4/c1-15(2)31-19-11-7-17(8-12-19)22(28)20-21(16-5-9-18(25)10-6-16)27(14-13-26(3)4)24(30)23(20)29/h5-12,15,21,28H,13-14H2,1-4H3/b22-20-. The third-order valence-corrected chi connectivity index (χ3v) is 5.54. The predicted molar refractivity (Wildman–Crippen MR) is 124 cm³/mol. The minimum Gasteiger partial charge on any atom is -0.507 e. The molecule has 1 aliphatic heterocycles. The van der Waals surface area contributed by atoms with Crippen molar-refractivity contribution in [1.29, 1.82) is 0 Å². The number of carbonyl (C=O) groups excluding carboxylic acids is 2. The van der Waals surface area contributed by atoms with Crippen LogP contribution in [0, 0.1) is 0 Å². The average Bonchev–Trinajstić information content (AvgIpc) is 2.97. The van der Waals surface area contributed by atoms with Crippen molar-refractivity contribution in [3.05, 3.63) is 69.7 Å². The average molecular weight is 487 g/mol. The van der Waals surface area contributed by atoms with Gasteiger partial charge in [0.15, 0.2) is 0 Å². The molecule has 0 spiro atoms. The highest BCUT2D eigenvalue weighted by Crippen LogP contribution is 2.39. The Morgan fingerprint density at radius 2 is 1.71 bits per heavy atom. The van der Waals surface area contributed by atoms with Gasteiger partial charge >= 0.3 is 0 Å². The molecule has 0 saturated carbocycles. The number of nitrogens with zero attached hydrogens (tertiary/aromatic N) is 2. The van der Waals surface area contributed by atoms with Gasteiger partial charge in [-0.3, -0.25) is 9.59 Å². The molecule has 164 valence electrons. The summed E-state index contributed by atoms with van der Waals surface area (Å²) in [5.74, 6) is -0.792. The molecule has 31 heavy (non-hydrogen) atoms. The van der Waals surface area contributed by atoms with E-state index in [4.69, 9.17) is 4.74 Å². The van der Waals surface area contributed by atoms with Gasteiger partial charge in [-0.25, -0.2) is 0 Å². The molecule has 2 aromatic carbocycles. The van der Waals surface area contributed by atoms with E-state index in [1.807, 2.05) is 57.1 Å². The first-order chi connectivity index (χ1) is 14.7. The molecule has 6 nitrogen and oxygen atoms in total. The number of hydrogen-bond donors (Lipinski definition) is 1. The Bertz CT molecular complexity index is 982. The van der Waals surface area contributed by atoms with Gasteiger partial charge in [0.2, 0.25) is 0 Å². The molecule has 0 radical (unpaired) electrons. The van der Waals surface area contributed by atoms with Crippen LogP contribution in [0.4, 0.5) is 0 Å². The molecule has 0 aliphatic carbocycles. The molecule has 2 aromatic rings. The van der Waals surface area contributed by atoms with E-state index >= 15 is 0 Å².